The first-order chi connectivity index (χ1) is 8.60. The molecule has 0 aliphatic heterocycles. The van der Waals surface area contributed by atoms with Crippen LogP contribution in [0.2, 0.25) is 0 Å². The highest BCUT2D eigenvalue weighted by Crippen LogP contribution is 2.29. The fourth-order valence-corrected chi connectivity index (χ4v) is 1.58. The van der Waals surface area contributed by atoms with Gasteiger partial charge in [0.05, 0.1) is 12.2 Å². The van der Waals surface area contributed by atoms with Gasteiger partial charge < -0.3 is 9.47 Å². The Balaban J connectivity index is 2.41. The van der Waals surface area contributed by atoms with Crippen LogP contribution in [0.5, 0.6) is 5.75 Å². The van der Waals surface area contributed by atoms with Gasteiger partial charge in [-0.2, -0.15) is 8.78 Å². The molecular formula is C14H20F2O2. The average molecular weight is 258 g/mol. The maximum absolute atomic E-state index is 13.1. The lowest BCUT2D eigenvalue weighted by atomic mass is 10.2. The molecule has 0 bridgehead atoms. The highest BCUT2D eigenvalue weighted by Gasteiger charge is 2.30. The second-order valence-electron chi connectivity index (χ2n) is 4.15. The van der Waals surface area contributed by atoms with Crippen molar-refractivity contribution in [3.8, 4) is 5.75 Å². The zero-order chi connectivity index (χ0) is 13.4. The summed E-state index contributed by atoms with van der Waals surface area (Å²) in [5, 5.41) is 0. The largest absolute Gasteiger partial charge is 0.494 e. The van der Waals surface area contributed by atoms with Gasteiger partial charge in [-0.25, -0.2) is 0 Å². The summed E-state index contributed by atoms with van der Waals surface area (Å²) in [6.07, 6.45) is 1.27. The number of alkyl halides is 2. The molecule has 0 atom stereocenters. The van der Waals surface area contributed by atoms with Crippen LogP contribution in [-0.4, -0.2) is 13.7 Å². The van der Waals surface area contributed by atoms with Crippen LogP contribution in [0, 0.1) is 0 Å². The zero-order valence-corrected chi connectivity index (χ0v) is 10.9. The molecule has 1 aromatic rings. The van der Waals surface area contributed by atoms with Crippen molar-refractivity contribution >= 4 is 0 Å². The van der Waals surface area contributed by atoms with E-state index in [0.717, 1.165) is 20.0 Å². The van der Waals surface area contributed by atoms with Crippen molar-refractivity contribution in [3.63, 3.8) is 0 Å². The predicted octanol–water partition coefficient (Wildman–Crippen LogP) is 4.34. The van der Waals surface area contributed by atoms with E-state index in [0.29, 0.717) is 12.4 Å². The molecule has 0 saturated heterocycles. The van der Waals surface area contributed by atoms with E-state index < -0.39 is 6.11 Å². The van der Waals surface area contributed by atoms with Gasteiger partial charge in [-0.3, -0.25) is 0 Å². The minimum atomic E-state index is -3.24. The zero-order valence-electron chi connectivity index (χ0n) is 10.9. The van der Waals surface area contributed by atoms with Crippen molar-refractivity contribution in [2.45, 2.75) is 38.7 Å². The van der Waals surface area contributed by atoms with Crippen LogP contribution in [0.1, 0.15) is 38.2 Å². The summed E-state index contributed by atoms with van der Waals surface area (Å²) in [6, 6.07) is 5.74. The summed E-state index contributed by atoms with van der Waals surface area (Å²) >= 11 is 0. The third-order valence-corrected chi connectivity index (χ3v) is 2.71. The highest BCUT2D eigenvalue weighted by atomic mass is 19.3. The van der Waals surface area contributed by atoms with Crippen LogP contribution < -0.4 is 4.74 Å². The maximum atomic E-state index is 13.1. The molecule has 0 N–H and O–H groups in total. The summed E-state index contributed by atoms with van der Waals surface area (Å²) < 4.78 is 35.9. The Bertz CT molecular complexity index is 336. The number of methoxy groups -OCH3 is 1. The molecule has 0 fully saturated rings. The Kier molecular flexibility index (Phi) is 6.05. The maximum Gasteiger partial charge on any atom is 0.383 e. The van der Waals surface area contributed by atoms with Crippen LogP contribution in [0.15, 0.2) is 24.3 Å². The van der Waals surface area contributed by atoms with Crippen molar-refractivity contribution in [3.05, 3.63) is 29.8 Å². The molecule has 0 amide bonds. The predicted molar refractivity (Wildman–Crippen MR) is 67.0 cm³/mol. The second kappa shape index (κ2) is 7.31. The Labute approximate surface area is 107 Å². The minimum Gasteiger partial charge on any atom is -0.494 e. The molecule has 0 radical (unpaired) electrons. The van der Waals surface area contributed by atoms with E-state index in [9.17, 15) is 8.78 Å². The summed E-state index contributed by atoms with van der Waals surface area (Å²) in [7, 11) is 0.984. The Morgan fingerprint density at radius 1 is 1.06 bits per heavy atom. The summed E-state index contributed by atoms with van der Waals surface area (Å²) in [6.45, 7) is 2.77. The van der Waals surface area contributed by atoms with Gasteiger partial charge in [0.15, 0.2) is 0 Å². The van der Waals surface area contributed by atoms with Crippen molar-refractivity contribution < 1.29 is 18.3 Å². The molecule has 0 saturated carbocycles. The van der Waals surface area contributed by atoms with E-state index in [-0.39, 0.29) is 5.56 Å². The standard InChI is InChI=1S/C14H20F2O2/c1-3-4-5-6-11-18-13-9-7-12(8-10-13)14(15,16)17-2/h7-10H,3-6,11H2,1-2H3. The lowest BCUT2D eigenvalue weighted by Gasteiger charge is -2.14. The fourth-order valence-electron chi connectivity index (χ4n) is 1.58. The number of halogens is 2. The molecule has 4 heteroatoms. The third-order valence-electron chi connectivity index (χ3n) is 2.71. The molecule has 1 rings (SSSR count). The summed E-state index contributed by atoms with van der Waals surface area (Å²) in [4.78, 5) is 0. The van der Waals surface area contributed by atoms with Crippen molar-refractivity contribution in [2.24, 2.45) is 0 Å². The van der Waals surface area contributed by atoms with E-state index in [1.807, 2.05) is 0 Å². The van der Waals surface area contributed by atoms with Gasteiger partial charge in [0.25, 0.3) is 0 Å². The van der Waals surface area contributed by atoms with Gasteiger partial charge in [0, 0.05) is 7.11 Å². The fraction of sp³-hybridized carbons (Fsp3) is 0.571. The quantitative estimate of drug-likeness (QED) is 0.646. The van der Waals surface area contributed by atoms with E-state index in [2.05, 4.69) is 11.7 Å². The lowest BCUT2D eigenvalue weighted by Crippen LogP contribution is -2.15. The number of unbranched alkanes of at least 4 members (excludes halogenated alkanes) is 3. The topological polar surface area (TPSA) is 18.5 Å². The smallest absolute Gasteiger partial charge is 0.383 e. The number of ether oxygens (including phenoxy) is 2. The summed E-state index contributed by atoms with van der Waals surface area (Å²) in [5.74, 6) is 0.613. The van der Waals surface area contributed by atoms with Crippen LogP contribution in [0.3, 0.4) is 0 Å². The van der Waals surface area contributed by atoms with E-state index >= 15 is 0 Å². The number of hydrogen-bond acceptors (Lipinski definition) is 2. The third kappa shape index (κ3) is 4.61. The van der Waals surface area contributed by atoms with Crippen molar-refractivity contribution in [2.75, 3.05) is 13.7 Å². The van der Waals surface area contributed by atoms with Crippen molar-refractivity contribution in [1.29, 1.82) is 0 Å². The van der Waals surface area contributed by atoms with Gasteiger partial charge in [-0.05, 0) is 30.7 Å². The van der Waals surface area contributed by atoms with Gasteiger partial charge in [0.2, 0.25) is 0 Å². The number of rotatable bonds is 8. The highest BCUT2D eigenvalue weighted by molar-refractivity contribution is 5.28. The molecule has 0 aromatic heterocycles. The van der Waals surface area contributed by atoms with E-state index in [4.69, 9.17) is 4.74 Å². The first-order valence-corrected chi connectivity index (χ1v) is 6.26. The lowest BCUT2D eigenvalue weighted by molar-refractivity contribution is -0.231. The monoisotopic (exact) mass is 258 g/mol. The molecule has 0 unspecified atom stereocenters. The normalized spacial score (nSPS) is 11.6. The minimum absolute atomic E-state index is 0.164. The molecule has 1 aromatic carbocycles. The SMILES string of the molecule is CCCCCCOc1ccc(C(F)(F)OC)cc1. The first kappa shape index (κ1) is 14.9. The molecule has 18 heavy (non-hydrogen) atoms. The number of benzene rings is 1. The van der Waals surface area contributed by atoms with E-state index in [1.54, 1.807) is 12.1 Å². The summed E-state index contributed by atoms with van der Waals surface area (Å²) in [5.41, 5.74) is -0.164. The average Bonchev–Trinajstić information content (AvgIpc) is 2.39. The van der Waals surface area contributed by atoms with Gasteiger partial charge in [-0.15, -0.1) is 0 Å². The molecule has 0 heterocycles. The van der Waals surface area contributed by atoms with Crippen LogP contribution in [0.25, 0.3) is 0 Å². The molecule has 102 valence electrons. The molecule has 2 nitrogen and oxygen atoms in total. The molecule has 0 aliphatic carbocycles. The van der Waals surface area contributed by atoms with E-state index in [1.165, 1.54) is 25.0 Å². The first-order valence-electron chi connectivity index (χ1n) is 6.26. The Morgan fingerprint density at radius 2 is 1.72 bits per heavy atom. The second-order valence-corrected chi connectivity index (χ2v) is 4.15. The molecule has 0 spiro atoms. The Hall–Kier alpha value is -1.16. The Morgan fingerprint density at radius 3 is 2.28 bits per heavy atom. The van der Waals surface area contributed by atoms with Crippen LogP contribution >= 0.6 is 0 Å². The van der Waals surface area contributed by atoms with Gasteiger partial charge >= 0.3 is 6.11 Å². The number of hydrogen-bond donors (Lipinski definition) is 0. The molecule has 0 aliphatic rings. The van der Waals surface area contributed by atoms with Crippen molar-refractivity contribution in [1.82, 2.24) is 0 Å². The van der Waals surface area contributed by atoms with Gasteiger partial charge in [-0.1, -0.05) is 26.2 Å². The van der Waals surface area contributed by atoms with Crippen LogP contribution in [-0.2, 0) is 10.8 Å². The molecular weight excluding hydrogens is 238 g/mol. The van der Waals surface area contributed by atoms with Crippen LogP contribution in [0.4, 0.5) is 8.78 Å². The van der Waals surface area contributed by atoms with Gasteiger partial charge in [0.1, 0.15) is 5.75 Å².